The Labute approximate surface area is 98.2 Å². The maximum atomic E-state index is 12.0. The molecule has 2 saturated heterocycles. The summed E-state index contributed by atoms with van der Waals surface area (Å²) in [6, 6.07) is -0.430. The van der Waals surface area contributed by atoms with Gasteiger partial charge in [-0.3, -0.25) is 19.7 Å². The molecule has 0 aromatic carbocycles. The van der Waals surface area contributed by atoms with E-state index in [0.717, 1.165) is 0 Å². The Bertz CT molecular complexity index is 347. The molecule has 2 unspecified atom stereocenters. The molecule has 2 atom stereocenters. The molecule has 2 aliphatic heterocycles. The molecule has 2 amide bonds. The van der Waals surface area contributed by atoms with Gasteiger partial charge in [-0.05, 0) is 6.42 Å². The van der Waals surface area contributed by atoms with E-state index in [1.807, 2.05) is 0 Å². The van der Waals surface area contributed by atoms with Gasteiger partial charge in [0.15, 0.2) is 0 Å². The number of carboxylic acids is 1. The molecule has 0 bridgehead atoms. The van der Waals surface area contributed by atoms with Crippen molar-refractivity contribution in [3.8, 4) is 0 Å². The zero-order valence-electron chi connectivity index (χ0n) is 9.31. The van der Waals surface area contributed by atoms with Crippen molar-refractivity contribution in [2.75, 3.05) is 26.2 Å². The van der Waals surface area contributed by atoms with Crippen LogP contribution in [0.4, 0.5) is 0 Å². The number of piperazine rings is 1. The minimum absolute atomic E-state index is 0.126. The lowest BCUT2D eigenvalue weighted by Crippen LogP contribution is -2.58. The highest BCUT2D eigenvalue weighted by atomic mass is 16.4. The van der Waals surface area contributed by atoms with Crippen LogP contribution in [-0.2, 0) is 14.4 Å². The zero-order chi connectivity index (χ0) is 12.4. The molecule has 2 rings (SSSR count). The molecule has 7 heteroatoms. The number of carbonyl (C=O) groups excluding carboxylic acids is 2. The number of rotatable bonds is 2. The molecule has 0 radical (unpaired) electrons. The van der Waals surface area contributed by atoms with Crippen LogP contribution in [0.5, 0.6) is 0 Å². The molecule has 2 heterocycles. The molecule has 0 spiro atoms. The third-order valence-electron chi connectivity index (χ3n) is 3.16. The second kappa shape index (κ2) is 4.70. The van der Waals surface area contributed by atoms with E-state index >= 15 is 0 Å². The van der Waals surface area contributed by atoms with Crippen LogP contribution >= 0.6 is 0 Å². The van der Waals surface area contributed by atoms with E-state index in [0.29, 0.717) is 13.0 Å². The van der Waals surface area contributed by atoms with Crippen molar-refractivity contribution in [3.05, 3.63) is 0 Å². The molecule has 0 aromatic rings. The van der Waals surface area contributed by atoms with Crippen LogP contribution in [0.3, 0.4) is 0 Å². The summed E-state index contributed by atoms with van der Waals surface area (Å²) >= 11 is 0. The molecule has 2 fully saturated rings. The second-order valence-electron chi connectivity index (χ2n) is 4.35. The van der Waals surface area contributed by atoms with Crippen LogP contribution in [-0.4, -0.2) is 60.0 Å². The fraction of sp³-hybridized carbons (Fsp3) is 0.700. The average molecular weight is 241 g/mol. The number of hydrogen-bond acceptors (Lipinski definition) is 4. The van der Waals surface area contributed by atoms with Crippen LogP contribution in [0.25, 0.3) is 0 Å². The molecule has 17 heavy (non-hydrogen) atoms. The Morgan fingerprint density at radius 1 is 1.41 bits per heavy atom. The summed E-state index contributed by atoms with van der Waals surface area (Å²) in [6.45, 7) is 1.14. The van der Waals surface area contributed by atoms with Gasteiger partial charge in [0.2, 0.25) is 11.8 Å². The molecule has 0 aromatic heterocycles. The van der Waals surface area contributed by atoms with Crippen LogP contribution in [0.2, 0.25) is 0 Å². The topological polar surface area (TPSA) is 98.7 Å². The number of amides is 2. The van der Waals surface area contributed by atoms with E-state index < -0.39 is 17.9 Å². The average Bonchev–Trinajstić information content (AvgIpc) is 2.78. The van der Waals surface area contributed by atoms with Gasteiger partial charge in [-0.1, -0.05) is 0 Å². The summed E-state index contributed by atoms with van der Waals surface area (Å²) in [4.78, 5) is 35.2. The Balaban J connectivity index is 1.89. The van der Waals surface area contributed by atoms with Crippen LogP contribution < -0.4 is 10.6 Å². The lowest BCUT2D eigenvalue weighted by atomic mass is 10.1. The van der Waals surface area contributed by atoms with Crippen LogP contribution in [0, 0.1) is 5.92 Å². The summed E-state index contributed by atoms with van der Waals surface area (Å²) in [7, 11) is 0. The van der Waals surface area contributed by atoms with Crippen molar-refractivity contribution in [2.24, 2.45) is 5.92 Å². The quantitative estimate of drug-likeness (QED) is 0.520. The number of nitrogens with zero attached hydrogens (tertiary/aromatic N) is 1. The Morgan fingerprint density at radius 3 is 2.71 bits per heavy atom. The van der Waals surface area contributed by atoms with Gasteiger partial charge in [0, 0.05) is 19.6 Å². The first-order valence-electron chi connectivity index (χ1n) is 5.59. The SMILES string of the molecule is O=C1CNC(C(=O)N2CCC(C(=O)O)C2)CN1. The van der Waals surface area contributed by atoms with E-state index in [1.54, 1.807) is 4.90 Å². The van der Waals surface area contributed by atoms with E-state index in [9.17, 15) is 14.4 Å². The summed E-state index contributed by atoms with van der Waals surface area (Å²) in [6.07, 6.45) is 0.500. The summed E-state index contributed by atoms with van der Waals surface area (Å²) in [5.41, 5.74) is 0. The molecule has 7 nitrogen and oxygen atoms in total. The van der Waals surface area contributed by atoms with Gasteiger partial charge in [-0.25, -0.2) is 0 Å². The van der Waals surface area contributed by atoms with Gasteiger partial charge < -0.3 is 15.3 Å². The number of carboxylic acid groups (broad SMARTS) is 1. The minimum Gasteiger partial charge on any atom is -0.481 e. The normalized spacial score (nSPS) is 28.9. The maximum absolute atomic E-state index is 12.0. The number of carbonyl (C=O) groups is 3. The lowest BCUT2D eigenvalue weighted by molar-refractivity contribution is -0.141. The smallest absolute Gasteiger partial charge is 0.308 e. The van der Waals surface area contributed by atoms with E-state index in [1.165, 1.54) is 0 Å². The highest BCUT2D eigenvalue weighted by Crippen LogP contribution is 2.17. The largest absolute Gasteiger partial charge is 0.481 e. The molecule has 0 saturated carbocycles. The van der Waals surface area contributed by atoms with Crippen molar-refractivity contribution >= 4 is 17.8 Å². The third-order valence-corrected chi connectivity index (χ3v) is 3.16. The standard InChI is InChI=1S/C10H15N3O4/c14-8-4-11-7(3-12-8)9(15)13-2-1-6(5-13)10(16)17/h6-7,11H,1-5H2,(H,12,14)(H,16,17). The van der Waals surface area contributed by atoms with Crippen molar-refractivity contribution in [3.63, 3.8) is 0 Å². The van der Waals surface area contributed by atoms with Crippen molar-refractivity contribution in [1.82, 2.24) is 15.5 Å². The fourth-order valence-corrected chi connectivity index (χ4v) is 2.12. The van der Waals surface area contributed by atoms with Gasteiger partial charge in [0.25, 0.3) is 0 Å². The predicted octanol–water partition coefficient (Wildman–Crippen LogP) is -1.99. The summed E-state index contributed by atoms with van der Waals surface area (Å²) in [5, 5.41) is 14.3. The first-order chi connectivity index (χ1) is 8.08. The van der Waals surface area contributed by atoms with Crippen molar-refractivity contribution < 1.29 is 19.5 Å². The Morgan fingerprint density at radius 2 is 2.18 bits per heavy atom. The highest BCUT2D eigenvalue weighted by Gasteiger charge is 2.35. The summed E-state index contributed by atoms with van der Waals surface area (Å²) < 4.78 is 0. The lowest BCUT2D eigenvalue weighted by Gasteiger charge is -2.27. The molecule has 2 aliphatic rings. The molecular formula is C10H15N3O4. The van der Waals surface area contributed by atoms with Crippen LogP contribution in [0.1, 0.15) is 6.42 Å². The monoisotopic (exact) mass is 241 g/mol. The van der Waals surface area contributed by atoms with Crippen LogP contribution in [0.15, 0.2) is 0 Å². The van der Waals surface area contributed by atoms with Crippen molar-refractivity contribution in [2.45, 2.75) is 12.5 Å². The number of likely N-dealkylation sites (tertiary alicyclic amines) is 1. The number of nitrogens with one attached hydrogen (secondary N) is 2. The number of aliphatic carboxylic acids is 1. The minimum atomic E-state index is -0.856. The van der Waals surface area contributed by atoms with E-state index in [4.69, 9.17) is 5.11 Å². The second-order valence-corrected chi connectivity index (χ2v) is 4.35. The van der Waals surface area contributed by atoms with Gasteiger partial charge in [0.1, 0.15) is 6.04 Å². The highest BCUT2D eigenvalue weighted by molar-refractivity contribution is 5.87. The van der Waals surface area contributed by atoms with Gasteiger partial charge >= 0.3 is 5.97 Å². The summed E-state index contributed by atoms with van der Waals surface area (Å²) in [5.74, 6) is -1.57. The van der Waals surface area contributed by atoms with Crippen molar-refractivity contribution in [1.29, 1.82) is 0 Å². The van der Waals surface area contributed by atoms with Gasteiger partial charge in [-0.15, -0.1) is 0 Å². The molecular weight excluding hydrogens is 226 g/mol. The molecule has 3 N–H and O–H groups in total. The molecule has 0 aliphatic carbocycles. The third kappa shape index (κ3) is 2.55. The fourth-order valence-electron chi connectivity index (χ4n) is 2.12. The van der Waals surface area contributed by atoms with E-state index in [-0.39, 0.29) is 31.4 Å². The van der Waals surface area contributed by atoms with Gasteiger partial charge in [0.05, 0.1) is 12.5 Å². The zero-order valence-corrected chi connectivity index (χ0v) is 9.31. The Kier molecular flexibility index (Phi) is 3.28. The predicted molar refractivity (Wildman–Crippen MR) is 57.1 cm³/mol. The Hall–Kier alpha value is -1.63. The maximum Gasteiger partial charge on any atom is 0.308 e. The first kappa shape index (κ1) is 11.8. The number of hydrogen-bond donors (Lipinski definition) is 3. The first-order valence-corrected chi connectivity index (χ1v) is 5.59. The molecule has 94 valence electrons. The van der Waals surface area contributed by atoms with Gasteiger partial charge in [-0.2, -0.15) is 0 Å². The van der Waals surface area contributed by atoms with E-state index in [2.05, 4.69) is 10.6 Å².